The fraction of sp³-hybridized carbons (Fsp3) is 0.0769. The lowest BCUT2D eigenvalue weighted by molar-refractivity contribution is -0.385. The van der Waals surface area contributed by atoms with Crippen LogP contribution < -0.4 is 0 Å². The summed E-state index contributed by atoms with van der Waals surface area (Å²) in [6.07, 6.45) is 0. The fourth-order valence-electron chi connectivity index (χ4n) is 1.66. The summed E-state index contributed by atoms with van der Waals surface area (Å²) >= 11 is 5.71. The Bertz CT molecular complexity index is 693. The number of nitro benzene ring substituents is 1. The minimum atomic E-state index is -1.57. The Morgan fingerprint density at radius 3 is 2.65 bits per heavy atom. The van der Waals surface area contributed by atoms with Crippen LogP contribution in [-0.2, 0) is 16.6 Å². The van der Waals surface area contributed by atoms with Gasteiger partial charge in [-0.05, 0) is 30.3 Å². The van der Waals surface area contributed by atoms with E-state index in [0.717, 1.165) is 6.07 Å². The van der Waals surface area contributed by atoms with Gasteiger partial charge in [-0.2, -0.15) is 0 Å². The Hall–Kier alpha value is -1.79. The summed E-state index contributed by atoms with van der Waals surface area (Å²) < 4.78 is 25.2. The van der Waals surface area contributed by atoms with Crippen molar-refractivity contribution in [1.82, 2.24) is 0 Å². The van der Waals surface area contributed by atoms with Gasteiger partial charge >= 0.3 is 0 Å². The smallest absolute Gasteiger partial charge is 0.258 e. The first kappa shape index (κ1) is 14.6. The maximum atomic E-state index is 13.1. The molecule has 0 heterocycles. The van der Waals surface area contributed by atoms with Gasteiger partial charge in [0.15, 0.2) is 0 Å². The molecule has 0 aliphatic heterocycles. The minimum absolute atomic E-state index is 0.0725. The van der Waals surface area contributed by atoms with Crippen LogP contribution in [0.5, 0.6) is 0 Å². The molecule has 1 unspecified atom stereocenters. The molecular formula is C13H9ClFNO3S. The summed E-state index contributed by atoms with van der Waals surface area (Å²) in [7, 11) is -1.57. The molecule has 0 fully saturated rings. The number of nitro groups is 1. The average Bonchev–Trinajstić information content (AvgIpc) is 2.40. The first-order valence-corrected chi connectivity index (χ1v) is 7.24. The van der Waals surface area contributed by atoms with Crippen molar-refractivity contribution in [2.75, 3.05) is 0 Å². The molecule has 0 spiro atoms. The topological polar surface area (TPSA) is 60.2 Å². The summed E-state index contributed by atoms with van der Waals surface area (Å²) in [6.45, 7) is 0. The van der Waals surface area contributed by atoms with Crippen LogP contribution in [0.15, 0.2) is 47.4 Å². The quantitative estimate of drug-likeness (QED) is 0.639. The van der Waals surface area contributed by atoms with E-state index < -0.39 is 21.5 Å². The maximum absolute atomic E-state index is 13.1. The third kappa shape index (κ3) is 3.40. The van der Waals surface area contributed by atoms with E-state index in [9.17, 15) is 18.7 Å². The van der Waals surface area contributed by atoms with Gasteiger partial charge in [-0.3, -0.25) is 14.3 Å². The highest BCUT2D eigenvalue weighted by Crippen LogP contribution is 2.25. The lowest BCUT2D eigenvalue weighted by atomic mass is 10.2. The third-order valence-electron chi connectivity index (χ3n) is 2.59. The van der Waals surface area contributed by atoms with Gasteiger partial charge in [0.2, 0.25) is 0 Å². The molecule has 0 saturated heterocycles. The highest BCUT2D eigenvalue weighted by Gasteiger charge is 2.17. The molecular weight excluding hydrogens is 305 g/mol. The van der Waals surface area contributed by atoms with E-state index in [1.165, 1.54) is 36.4 Å². The van der Waals surface area contributed by atoms with Gasteiger partial charge in [0.1, 0.15) is 5.82 Å². The van der Waals surface area contributed by atoms with Crippen LogP contribution in [0.1, 0.15) is 5.56 Å². The number of benzene rings is 2. The van der Waals surface area contributed by atoms with Crippen molar-refractivity contribution in [1.29, 1.82) is 0 Å². The summed E-state index contributed by atoms with van der Waals surface area (Å²) in [4.78, 5) is 10.6. The standard InChI is InChI=1S/C13H9ClFNO3S/c14-10-5-4-9(13(6-10)16(17)18)8-20(19)12-3-1-2-11(15)7-12/h1-7H,8H2. The Morgan fingerprint density at radius 2 is 2.00 bits per heavy atom. The summed E-state index contributed by atoms with van der Waals surface area (Å²) in [5.41, 5.74) is 0.101. The van der Waals surface area contributed by atoms with Crippen molar-refractivity contribution in [3.8, 4) is 0 Å². The first-order valence-electron chi connectivity index (χ1n) is 5.54. The number of nitrogens with zero attached hydrogens (tertiary/aromatic N) is 1. The van der Waals surface area contributed by atoms with Crippen LogP contribution >= 0.6 is 11.6 Å². The second-order valence-electron chi connectivity index (χ2n) is 3.98. The zero-order valence-corrected chi connectivity index (χ0v) is 11.7. The SMILES string of the molecule is O=[N+]([O-])c1cc(Cl)ccc1CS(=O)c1cccc(F)c1. The number of rotatable bonds is 4. The van der Waals surface area contributed by atoms with Crippen LogP contribution in [0.3, 0.4) is 0 Å². The number of hydrogen-bond donors (Lipinski definition) is 0. The van der Waals surface area contributed by atoms with Crippen LogP contribution in [0.2, 0.25) is 5.02 Å². The van der Waals surface area contributed by atoms with Crippen molar-refractivity contribution < 1.29 is 13.5 Å². The molecule has 0 aromatic heterocycles. The minimum Gasteiger partial charge on any atom is -0.258 e. The van der Waals surface area contributed by atoms with E-state index in [0.29, 0.717) is 5.56 Å². The van der Waals surface area contributed by atoms with Crippen LogP contribution in [-0.4, -0.2) is 9.13 Å². The molecule has 0 amide bonds. The molecule has 2 aromatic rings. The zero-order chi connectivity index (χ0) is 14.7. The molecule has 104 valence electrons. The van der Waals surface area contributed by atoms with Gasteiger partial charge in [-0.25, -0.2) is 4.39 Å². The zero-order valence-electron chi connectivity index (χ0n) is 10.1. The summed E-state index contributed by atoms with van der Waals surface area (Å²) in [5, 5.41) is 11.2. The van der Waals surface area contributed by atoms with Gasteiger partial charge in [0.25, 0.3) is 5.69 Å². The van der Waals surface area contributed by atoms with Crippen molar-refractivity contribution in [3.05, 3.63) is 69.0 Å². The van der Waals surface area contributed by atoms with Gasteiger partial charge < -0.3 is 0 Å². The molecule has 0 aliphatic carbocycles. The van der Waals surface area contributed by atoms with Gasteiger partial charge in [0.05, 0.1) is 21.5 Å². The van der Waals surface area contributed by atoms with Crippen molar-refractivity contribution in [2.24, 2.45) is 0 Å². The van der Waals surface area contributed by atoms with E-state index in [1.807, 2.05) is 0 Å². The van der Waals surface area contributed by atoms with Crippen LogP contribution in [0.25, 0.3) is 0 Å². The molecule has 0 saturated carbocycles. The molecule has 0 N–H and O–H groups in total. The predicted molar refractivity (Wildman–Crippen MR) is 74.6 cm³/mol. The Morgan fingerprint density at radius 1 is 1.25 bits per heavy atom. The average molecular weight is 314 g/mol. The van der Waals surface area contributed by atoms with Crippen LogP contribution in [0.4, 0.5) is 10.1 Å². The molecule has 4 nitrogen and oxygen atoms in total. The number of halogens is 2. The molecule has 1 atom stereocenters. The van der Waals surface area contributed by atoms with Crippen molar-refractivity contribution in [3.63, 3.8) is 0 Å². The molecule has 7 heteroatoms. The third-order valence-corrected chi connectivity index (χ3v) is 4.18. The van der Waals surface area contributed by atoms with Crippen LogP contribution in [0, 0.1) is 15.9 Å². The lowest BCUT2D eigenvalue weighted by Gasteiger charge is -2.04. The second-order valence-corrected chi connectivity index (χ2v) is 5.86. The van der Waals surface area contributed by atoms with E-state index in [-0.39, 0.29) is 21.4 Å². The fourth-order valence-corrected chi connectivity index (χ4v) is 3.00. The number of hydrogen-bond acceptors (Lipinski definition) is 3. The summed E-state index contributed by atoms with van der Waals surface area (Å²) in [5.74, 6) is -0.571. The Balaban J connectivity index is 2.30. The van der Waals surface area contributed by atoms with E-state index in [2.05, 4.69) is 0 Å². The molecule has 0 aliphatic rings. The second kappa shape index (κ2) is 6.11. The highest BCUT2D eigenvalue weighted by atomic mass is 35.5. The Kier molecular flexibility index (Phi) is 4.46. The molecule has 2 aromatic carbocycles. The van der Waals surface area contributed by atoms with Gasteiger partial charge in [-0.15, -0.1) is 0 Å². The summed E-state index contributed by atoms with van der Waals surface area (Å²) in [6, 6.07) is 9.51. The van der Waals surface area contributed by atoms with Crippen molar-refractivity contribution >= 4 is 28.1 Å². The Labute approximate surface area is 121 Å². The molecule has 0 radical (unpaired) electrons. The normalized spacial score (nSPS) is 12.1. The highest BCUT2D eigenvalue weighted by molar-refractivity contribution is 7.84. The molecule has 20 heavy (non-hydrogen) atoms. The largest absolute Gasteiger partial charge is 0.275 e. The lowest BCUT2D eigenvalue weighted by Crippen LogP contribution is -2.01. The molecule has 2 rings (SSSR count). The predicted octanol–water partition coefficient (Wildman–Crippen LogP) is 3.70. The van der Waals surface area contributed by atoms with E-state index in [1.54, 1.807) is 0 Å². The van der Waals surface area contributed by atoms with Gasteiger partial charge in [-0.1, -0.05) is 17.7 Å². The molecule has 0 bridgehead atoms. The van der Waals surface area contributed by atoms with Gasteiger partial charge in [0, 0.05) is 21.5 Å². The van der Waals surface area contributed by atoms with E-state index in [4.69, 9.17) is 11.6 Å². The monoisotopic (exact) mass is 313 g/mol. The van der Waals surface area contributed by atoms with E-state index >= 15 is 0 Å². The van der Waals surface area contributed by atoms with Crippen molar-refractivity contribution in [2.45, 2.75) is 10.6 Å². The maximum Gasteiger partial charge on any atom is 0.275 e. The first-order chi connectivity index (χ1) is 9.47.